The molecule has 0 atom stereocenters. The molecular formula is C12H21NO3. The lowest BCUT2D eigenvalue weighted by molar-refractivity contribution is -0.137. The molecule has 92 valence electrons. The van der Waals surface area contributed by atoms with Crippen LogP contribution >= 0.6 is 0 Å². The monoisotopic (exact) mass is 227 g/mol. The van der Waals surface area contributed by atoms with E-state index in [1.165, 1.54) is 11.0 Å². The highest BCUT2D eigenvalue weighted by molar-refractivity contribution is 5.87. The van der Waals surface area contributed by atoms with E-state index in [0.717, 1.165) is 0 Å². The van der Waals surface area contributed by atoms with E-state index in [9.17, 15) is 9.59 Å². The number of nitrogens with zero attached hydrogens (tertiary/aromatic N) is 1. The largest absolute Gasteiger partial charge is 0.481 e. The van der Waals surface area contributed by atoms with Crippen LogP contribution in [0.1, 0.15) is 34.1 Å². The van der Waals surface area contributed by atoms with Gasteiger partial charge in [0.25, 0.3) is 0 Å². The summed E-state index contributed by atoms with van der Waals surface area (Å²) in [6.45, 7) is 8.64. The van der Waals surface area contributed by atoms with Crippen molar-refractivity contribution in [3.05, 3.63) is 12.2 Å². The zero-order valence-corrected chi connectivity index (χ0v) is 10.5. The molecule has 0 radical (unpaired) electrons. The van der Waals surface area contributed by atoms with Gasteiger partial charge in [-0.2, -0.15) is 0 Å². The zero-order chi connectivity index (χ0) is 12.8. The van der Waals surface area contributed by atoms with Crippen LogP contribution in [0.4, 0.5) is 0 Å². The third kappa shape index (κ3) is 7.04. The van der Waals surface area contributed by atoms with Crippen molar-refractivity contribution in [2.24, 2.45) is 5.41 Å². The summed E-state index contributed by atoms with van der Waals surface area (Å²) in [5.74, 6) is -1.01. The van der Waals surface area contributed by atoms with Crippen molar-refractivity contribution in [2.45, 2.75) is 34.1 Å². The molecule has 0 spiro atoms. The molecule has 0 aliphatic heterocycles. The average Bonchev–Trinajstić information content (AvgIpc) is 2.14. The Morgan fingerprint density at radius 2 is 1.88 bits per heavy atom. The molecule has 0 bridgehead atoms. The van der Waals surface area contributed by atoms with Crippen LogP contribution in [0.3, 0.4) is 0 Å². The van der Waals surface area contributed by atoms with Crippen molar-refractivity contribution in [1.82, 2.24) is 4.90 Å². The molecular weight excluding hydrogens is 206 g/mol. The van der Waals surface area contributed by atoms with Gasteiger partial charge in [-0.15, -0.1) is 0 Å². The fourth-order valence-corrected chi connectivity index (χ4v) is 1.08. The second-order valence-electron chi connectivity index (χ2n) is 4.76. The first-order chi connectivity index (χ1) is 7.26. The van der Waals surface area contributed by atoms with Gasteiger partial charge in [-0.3, -0.25) is 9.59 Å². The summed E-state index contributed by atoms with van der Waals surface area (Å²) in [5, 5.41) is 8.54. The first kappa shape index (κ1) is 14.7. The quantitative estimate of drug-likeness (QED) is 0.730. The number of aliphatic carboxylic acids is 1. The maximum Gasteiger partial charge on any atom is 0.305 e. The number of amides is 1. The molecule has 0 unspecified atom stereocenters. The highest BCUT2D eigenvalue weighted by atomic mass is 16.4. The normalized spacial score (nSPS) is 11.8. The van der Waals surface area contributed by atoms with E-state index in [2.05, 4.69) is 0 Å². The van der Waals surface area contributed by atoms with Crippen molar-refractivity contribution < 1.29 is 14.7 Å². The molecule has 0 fully saturated rings. The van der Waals surface area contributed by atoms with Crippen LogP contribution in [0.15, 0.2) is 12.2 Å². The van der Waals surface area contributed by atoms with Crippen LogP contribution in [0.25, 0.3) is 0 Å². The van der Waals surface area contributed by atoms with Crippen LogP contribution in [0, 0.1) is 5.41 Å². The van der Waals surface area contributed by atoms with E-state index in [1.807, 2.05) is 33.8 Å². The molecule has 1 amide bonds. The minimum absolute atomic E-state index is 0.0110. The Labute approximate surface area is 96.9 Å². The molecule has 0 aromatic rings. The Morgan fingerprint density at radius 1 is 1.31 bits per heavy atom. The maximum atomic E-state index is 11.7. The minimum Gasteiger partial charge on any atom is -0.481 e. The number of likely N-dealkylation sites (N-methyl/N-ethyl adjacent to an activating group) is 1. The fraction of sp³-hybridized carbons (Fsp3) is 0.667. The summed E-state index contributed by atoms with van der Waals surface area (Å²) in [6.07, 6.45) is 3.34. The van der Waals surface area contributed by atoms with Gasteiger partial charge in [-0.25, -0.2) is 0 Å². The first-order valence-corrected chi connectivity index (χ1v) is 5.46. The van der Waals surface area contributed by atoms with E-state index in [1.54, 1.807) is 0 Å². The average molecular weight is 227 g/mol. The van der Waals surface area contributed by atoms with Gasteiger partial charge < -0.3 is 10.0 Å². The standard InChI is InChI=1S/C12H21NO3/c1-5-13(9-7-11(15)16)10(14)6-8-12(2,3)4/h6,8H,5,7,9H2,1-4H3,(H,15,16)/b8-6+. The lowest BCUT2D eigenvalue weighted by atomic mass is 9.96. The number of carboxylic acids is 1. The van der Waals surface area contributed by atoms with Crippen LogP contribution in [0.5, 0.6) is 0 Å². The smallest absolute Gasteiger partial charge is 0.305 e. The van der Waals surface area contributed by atoms with Gasteiger partial charge in [0.15, 0.2) is 0 Å². The fourth-order valence-electron chi connectivity index (χ4n) is 1.08. The summed E-state index contributed by atoms with van der Waals surface area (Å²) in [5.41, 5.74) is -0.0398. The Kier molecular flexibility index (Phi) is 5.78. The molecule has 0 saturated carbocycles. The van der Waals surface area contributed by atoms with E-state index in [0.29, 0.717) is 6.54 Å². The van der Waals surface area contributed by atoms with Crippen molar-refractivity contribution in [2.75, 3.05) is 13.1 Å². The summed E-state index contributed by atoms with van der Waals surface area (Å²) >= 11 is 0. The second kappa shape index (κ2) is 6.30. The molecule has 4 nitrogen and oxygen atoms in total. The van der Waals surface area contributed by atoms with Gasteiger partial charge >= 0.3 is 5.97 Å². The zero-order valence-electron chi connectivity index (χ0n) is 10.5. The van der Waals surface area contributed by atoms with Crippen molar-refractivity contribution in [1.29, 1.82) is 0 Å². The van der Waals surface area contributed by atoms with E-state index >= 15 is 0 Å². The lowest BCUT2D eigenvalue weighted by Gasteiger charge is -2.19. The number of carbonyl (C=O) groups is 2. The molecule has 0 aromatic carbocycles. The van der Waals surface area contributed by atoms with Crippen molar-refractivity contribution in [3.8, 4) is 0 Å². The lowest BCUT2D eigenvalue weighted by Crippen LogP contribution is -2.31. The number of carboxylic acid groups (broad SMARTS) is 1. The third-order valence-electron chi connectivity index (χ3n) is 2.01. The van der Waals surface area contributed by atoms with Crippen LogP contribution in [-0.4, -0.2) is 35.0 Å². The highest BCUT2D eigenvalue weighted by Crippen LogP contribution is 2.14. The van der Waals surface area contributed by atoms with Gasteiger partial charge in [0.2, 0.25) is 5.91 Å². The first-order valence-electron chi connectivity index (χ1n) is 5.46. The molecule has 0 aliphatic carbocycles. The molecule has 0 heterocycles. The third-order valence-corrected chi connectivity index (χ3v) is 2.01. The van der Waals surface area contributed by atoms with Gasteiger partial charge in [0, 0.05) is 13.1 Å². The highest BCUT2D eigenvalue weighted by Gasteiger charge is 2.11. The van der Waals surface area contributed by atoms with Gasteiger partial charge in [-0.1, -0.05) is 26.8 Å². The molecule has 1 N–H and O–H groups in total. The number of rotatable bonds is 5. The summed E-state index contributed by atoms with van der Waals surface area (Å²) in [4.78, 5) is 23.6. The number of hydrogen-bond donors (Lipinski definition) is 1. The number of hydrogen-bond acceptors (Lipinski definition) is 2. The van der Waals surface area contributed by atoms with Gasteiger partial charge in [0.1, 0.15) is 0 Å². The van der Waals surface area contributed by atoms with Crippen LogP contribution in [0.2, 0.25) is 0 Å². The second-order valence-corrected chi connectivity index (χ2v) is 4.76. The molecule has 0 saturated heterocycles. The topological polar surface area (TPSA) is 57.6 Å². The van der Waals surface area contributed by atoms with Crippen LogP contribution in [-0.2, 0) is 9.59 Å². The molecule has 4 heteroatoms. The molecule has 0 aliphatic rings. The predicted octanol–water partition coefficient (Wildman–Crippen LogP) is 1.91. The molecule has 0 rings (SSSR count). The summed E-state index contributed by atoms with van der Waals surface area (Å²) in [6, 6.07) is 0. The van der Waals surface area contributed by atoms with Gasteiger partial charge in [-0.05, 0) is 18.4 Å². The van der Waals surface area contributed by atoms with E-state index in [4.69, 9.17) is 5.11 Å². The SMILES string of the molecule is CCN(CCC(=O)O)C(=O)/C=C/C(C)(C)C. The number of allylic oxidation sites excluding steroid dienone is 1. The van der Waals surface area contributed by atoms with Crippen molar-refractivity contribution >= 4 is 11.9 Å². The maximum absolute atomic E-state index is 11.7. The Morgan fingerprint density at radius 3 is 2.25 bits per heavy atom. The minimum atomic E-state index is -0.883. The summed E-state index contributed by atoms with van der Waals surface area (Å²) in [7, 11) is 0. The number of carbonyl (C=O) groups excluding carboxylic acids is 1. The Balaban J connectivity index is 4.32. The molecule has 16 heavy (non-hydrogen) atoms. The Hall–Kier alpha value is -1.32. The van der Waals surface area contributed by atoms with Gasteiger partial charge in [0.05, 0.1) is 6.42 Å². The van der Waals surface area contributed by atoms with Crippen molar-refractivity contribution in [3.63, 3.8) is 0 Å². The predicted molar refractivity (Wildman–Crippen MR) is 63.1 cm³/mol. The Bertz CT molecular complexity index is 276. The van der Waals surface area contributed by atoms with E-state index in [-0.39, 0.29) is 24.3 Å². The molecule has 0 aromatic heterocycles. The van der Waals surface area contributed by atoms with E-state index < -0.39 is 5.97 Å². The summed E-state index contributed by atoms with van der Waals surface area (Å²) < 4.78 is 0. The van der Waals surface area contributed by atoms with Crippen LogP contribution < -0.4 is 0 Å².